The molecule has 15 heavy (non-hydrogen) atoms. The molecule has 0 saturated heterocycles. The molecule has 0 aromatic carbocycles. The third-order valence-corrected chi connectivity index (χ3v) is 1.95. The molecule has 6 nitrogen and oxygen atoms in total. The molecule has 1 amide bonds. The summed E-state index contributed by atoms with van der Waals surface area (Å²) in [6.45, 7) is 0. The van der Waals surface area contributed by atoms with Crippen molar-refractivity contribution in [1.29, 1.82) is 0 Å². The van der Waals surface area contributed by atoms with Gasteiger partial charge in [-0.05, 0) is 12.1 Å². The first-order valence-electron chi connectivity index (χ1n) is 4.04. The third kappa shape index (κ3) is 2.10. The minimum atomic E-state index is -0.368. The lowest BCUT2D eigenvalue weighted by Gasteiger charge is -2.04. The van der Waals surface area contributed by atoms with Gasteiger partial charge in [-0.15, -0.1) is 10.2 Å². The number of hydrogen-bond acceptors (Lipinski definition) is 4. The fourth-order valence-corrected chi connectivity index (χ4v) is 1.20. The van der Waals surface area contributed by atoms with Crippen LogP contribution in [-0.2, 0) is 0 Å². The molecular weight excluding hydrogens is 218 g/mol. The lowest BCUT2D eigenvalue weighted by Crippen LogP contribution is -2.22. The maximum atomic E-state index is 11.6. The minimum absolute atomic E-state index is 0.156. The Balaban J connectivity index is 2.19. The normalized spacial score (nSPS) is 9.93. The molecule has 1 N–H and O–H groups in total. The van der Waals surface area contributed by atoms with Crippen molar-refractivity contribution in [2.24, 2.45) is 0 Å². The predicted octanol–water partition coefficient (Wildman–Crippen LogP) is 0.710. The molecule has 2 aromatic heterocycles. The zero-order valence-electron chi connectivity index (χ0n) is 7.46. The van der Waals surface area contributed by atoms with Crippen LogP contribution in [0.5, 0.6) is 0 Å². The first-order chi connectivity index (χ1) is 7.27. The summed E-state index contributed by atoms with van der Waals surface area (Å²) in [5.74, 6) is -0.368. The number of amides is 1. The molecular formula is C8H6ClN5O. The van der Waals surface area contributed by atoms with Crippen LogP contribution in [0.15, 0.2) is 31.0 Å². The maximum absolute atomic E-state index is 11.6. The number of carbonyl (C=O) groups excluding carboxylic acids is 1. The number of carbonyl (C=O) groups is 1. The number of nitrogens with one attached hydrogen (secondary N) is 1. The van der Waals surface area contributed by atoms with Gasteiger partial charge in [0.15, 0.2) is 0 Å². The average molecular weight is 224 g/mol. The third-order valence-electron chi connectivity index (χ3n) is 1.65. The maximum Gasteiger partial charge on any atom is 0.273 e. The van der Waals surface area contributed by atoms with E-state index in [1.807, 2.05) is 0 Å². The Kier molecular flexibility index (Phi) is 2.59. The summed E-state index contributed by atoms with van der Waals surface area (Å²) in [4.78, 5) is 15.4. The molecule has 7 heteroatoms. The molecule has 0 aliphatic heterocycles. The van der Waals surface area contributed by atoms with E-state index in [0.717, 1.165) is 0 Å². The van der Waals surface area contributed by atoms with E-state index < -0.39 is 0 Å². The van der Waals surface area contributed by atoms with E-state index in [2.05, 4.69) is 20.6 Å². The Morgan fingerprint density at radius 2 is 2.13 bits per heavy atom. The van der Waals surface area contributed by atoms with Crippen molar-refractivity contribution in [3.05, 3.63) is 41.7 Å². The molecule has 0 bridgehead atoms. The highest BCUT2D eigenvalue weighted by Crippen LogP contribution is 2.11. The first kappa shape index (κ1) is 9.60. The Hall–Kier alpha value is -1.95. The predicted molar refractivity (Wildman–Crippen MR) is 53.0 cm³/mol. The van der Waals surface area contributed by atoms with Crippen molar-refractivity contribution in [2.75, 3.05) is 5.43 Å². The highest BCUT2D eigenvalue weighted by Gasteiger charge is 2.10. The van der Waals surface area contributed by atoms with Crippen LogP contribution >= 0.6 is 11.6 Å². The van der Waals surface area contributed by atoms with Crippen molar-refractivity contribution in [2.45, 2.75) is 0 Å². The molecule has 0 fully saturated rings. The number of pyridine rings is 1. The fourth-order valence-electron chi connectivity index (χ4n) is 0.991. The highest BCUT2D eigenvalue weighted by atomic mass is 35.5. The summed E-state index contributed by atoms with van der Waals surface area (Å²) in [6, 6.07) is 3.21. The summed E-state index contributed by atoms with van der Waals surface area (Å²) >= 11 is 5.75. The van der Waals surface area contributed by atoms with Gasteiger partial charge in [-0.1, -0.05) is 11.6 Å². The van der Waals surface area contributed by atoms with Gasteiger partial charge in [-0.3, -0.25) is 10.2 Å². The molecule has 0 spiro atoms. The number of hydrogen-bond donors (Lipinski definition) is 1. The quantitative estimate of drug-likeness (QED) is 0.761. The second-order valence-corrected chi connectivity index (χ2v) is 3.01. The summed E-state index contributed by atoms with van der Waals surface area (Å²) in [5.41, 5.74) is 2.81. The molecule has 0 atom stereocenters. The average Bonchev–Trinajstić information content (AvgIpc) is 2.71. The molecule has 0 aliphatic carbocycles. The van der Waals surface area contributed by atoms with Crippen LogP contribution in [0.3, 0.4) is 0 Å². The van der Waals surface area contributed by atoms with Crippen molar-refractivity contribution < 1.29 is 4.79 Å². The molecule has 0 unspecified atom stereocenters. The van der Waals surface area contributed by atoms with Gasteiger partial charge in [0.25, 0.3) is 5.91 Å². The molecule has 0 aliphatic rings. The number of aromatic nitrogens is 4. The second kappa shape index (κ2) is 4.05. The van der Waals surface area contributed by atoms with Crippen LogP contribution in [-0.4, -0.2) is 25.8 Å². The Morgan fingerprint density at radius 1 is 1.40 bits per heavy atom. The number of rotatable bonds is 2. The van der Waals surface area contributed by atoms with E-state index in [0.29, 0.717) is 5.56 Å². The smallest absolute Gasteiger partial charge is 0.267 e. The van der Waals surface area contributed by atoms with E-state index in [-0.39, 0.29) is 11.1 Å². The van der Waals surface area contributed by atoms with E-state index in [9.17, 15) is 4.79 Å². The van der Waals surface area contributed by atoms with Gasteiger partial charge < -0.3 is 0 Å². The van der Waals surface area contributed by atoms with Gasteiger partial charge in [0.2, 0.25) is 0 Å². The molecule has 2 rings (SSSR count). The van der Waals surface area contributed by atoms with E-state index in [4.69, 9.17) is 11.6 Å². The van der Waals surface area contributed by atoms with E-state index in [1.54, 1.807) is 12.1 Å². The van der Waals surface area contributed by atoms with Crippen LogP contribution in [0.2, 0.25) is 5.15 Å². The minimum Gasteiger partial charge on any atom is -0.267 e. The van der Waals surface area contributed by atoms with Gasteiger partial charge in [-0.25, -0.2) is 9.66 Å². The van der Waals surface area contributed by atoms with Crippen molar-refractivity contribution in [3.8, 4) is 0 Å². The largest absolute Gasteiger partial charge is 0.273 e. The summed E-state index contributed by atoms with van der Waals surface area (Å²) < 4.78 is 1.33. The lowest BCUT2D eigenvalue weighted by atomic mass is 10.3. The monoisotopic (exact) mass is 223 g/mol. The van der Waals surface area contributed by atoms with Crippen LogP contribution < -0.4 is 5.43 Å². The Morgan fingerprint density at radius 3 is 2.80 bits per heavy atom. The fraction of sp³-hybridized carbons (Fsp3) is 0. The SMILES string of the molecule is O=C(Nn1cnnc1)c1cccnc1Cl. The summed E-state index contributed by atoms with van der Waals surface area (Å²) in [5, 5.41) is 7.24. The van der Waals surface area contributed by atoms with Gasteiger partial charge in [0.1, 0.15) is 17.8 Å². The van der Waals surface area contributed by atoms with Crippen molar-refractivity contribution >= 4 is 17.5 Å². The number of halogens is 1. The van der Waals surface area contributed by atoms with Crippen LogP contribution in [0.25, 0.3) is 0 Å². The van der Waals surface area contributed by atoms with Crippen LogP contribution in [0.1, 0.15) is 10.4 Å². The van der Waals surface area contributed by atoms with Crippen molar-refractivity contribution in [3.63, 3.8) is 0 Å². The van der Waals surface area contributed by atoms with E-state index >= 15 is 0 Å². The summed E-state index contributed by atoms with van der Waals surface area (Å²) in [7, 11) is 0. The molecule has 2 heterocycles. The summed E-state index contributed by atoms with van der Waals surface area (Å²) in [6.07, 6.45) is 4.24. The van der Waals surface area contributed by atoms with Gasteiger partial charge in [-0.2, -0.15) is 0 Å². The second-order valence-electron chi connectivity index (χ2n) is 2.65. The first-order valence-corrected chi connectivity index (χ1v) is 4.41. The molecule has 0 saturated carbocycles. The zero-order chi connectivity index (χ0) is 10.7. The highest BCUT2D eigenvalue weighted by molar-refractivity contribution is 6.33. The van der Waals surface area contributed by atoms with E-state index in [1.165, 1.54) is 23.5 Å². The van der Waals surface area contributed by atoms with Crippen LogP contribution in [0, 0.1) is 0 Å². The molecule has 2 aromatic rings. The van der Waals surface area contributed by atoms with Gasteiger partial charge in [0.05, 0.1) is 5.56 Å². The zero-order valence-corrected chi connectivity index (χ0v) is 8.22. The molecule has 0 radical (unpaired) electrons. The Bertz CT molecular complexity index is 470. The Labute approximate surface area is 89.9 Å². The lowest BCUT2D eigenvalue weighted by molar-refractivity contribution is 0.101. The van der Waals surface area contributed by atoms with Crippen LogP contribution in [0.4, 0.5) is 0 Å². The van der Waals surface area contributed by atoms with Crippen molar-refractivity contribution in [1.82, 2.24) is 19.9 Å². The number of nitrogens with zero attached hydrogens (tertiary/aromatic N) is 4. The molecule has 76 valence electrons. The topological polar surface area (TPSA) is 72.7 Å². The van der Waals surface area contributed by atoms with Gasteiger partial charge in [0, 0.05) is 6.20 Å². The standard InChI is InChI=1S/C8H6ClN5O/c9-7-6(2-1-3-10-7)8(15)13-14-4-11-12-5-14/h1-5H,(H,13,15). The van der Waals surface area contributed by atoms with Gasteiger partial charge >= 0.3 is 0 Å².